The van der Waals surface area contributed by atoms with Crippen LogP contribution in [-0.2, 0) is 6.54 Å². The zero-order chi connectivity index (χ0) is 15.6. The molecular formula is C15H15BrN2O2S. The van der Waals surface area contributed by atoms with Gasteiger partial charge in [-0.25, -0.2) is 0 Å². The third-order valence-corrected chi connectivity index (χ3v) is 4.05. The number of methoxy groups -OCH3 is 1. The van der Waals surface area contributed by atoms with Crippen LogP contribution in [0, 0.1) is 6.92 Å². The molecule has 0 aliphatic rings. The Morgan fingerprint density at radius 3 is 2.67 bits per heavy atom. The van der Waals surface area contributed by atoms with Crippen LogP contribution in [0.4, 0.5) is 0 Å². The van der Waals surface area contributed by atoms with Crippen molar-refractivity contribution >= 4 is 33.1 Å². The highest BCUT2D eigenvalue weighted by Gasteiger charge is 2.10. The predicted octanol–water partition coefficient (Wildman–Crippen LogP) is 2.61. The average Bonchev–Trinajstić information content (AvgIpc) is 2.43. The van der Waals surface area contributed by atoms with Crippen molar-refractivity contribution in [3.63, 3.8) is 0 Å². The van der Waals surface area contributed by atoms with E-state index in [0.717, 1.165) is 21.5 Å². The molecule has 0 amide bonds. The van der Waals surface area contributed by atoms with Crippen LogP contribution in [0.1, 0.15) is 16.8 Å². The first kappa shape index (κ1) is 15.7. The van der Waals surface area contributed by atoms with Gasteiger partial charge in [0.15, 0.2) is 0 Å². The summed E-state index contributed by atoms with van der Waals surface area (Å²) in [6.45, 7) is 2.33. The van der Waals surface area contributed by atoms with E-state index in [1.165, 1.54) is 0 Å². The standard InChI is InChI=1S/C15H15BrN2O2S/c1-9-3-5-11(14(17)21)15(19)18(9)8-10-4-6-13(20-2)12(16)7-10/h3-7H,8H2,1-2H3,(H2,17,21). The Bertz CT molecular complexity index is 756. The first-order chi connectivity index (χ1) is 9.93. The molecule has 1 aromatic heterocycles. The Morgan fingerprint density at radius 2 is 2.10 bits per heavy atom. The zero-order valence-electron chi connectivity index (χ0n) is 11.7. The van der Waals surface area contributed by atoms with Gasteiger partial charge in [0.05, 0.1) is 23.7 Å². The number of hydrogen-bond donors (Lipinski definition) is 1. The van der Waals surface area contributed by atoms with E-state index >= 15 is 0 Å². The molecule has 21 heavy (non-hydrogen) atoms. The quantitative estimate of drug-likeness (QED) is 0.845. The van der Waals surface area contributed by atoms with Gasteiger partial charge in [-0.1, -0.05) is 18.3 Å². The molecule has 6 heteroatoms. The smallest absolute Gasteiger partial charge is 0.261 e. The van der Waals surface area contributed by atoms with Crippen molar-refractivity contribution < 1.29 is 4.74 Å². The van der Waals surface area contributed by atoms with Gasteiger partial charge in [0.1, 0.15) is 10.7 Å². The lowest BCUT2D eigenvalue weighted by Crippen LogP contribution is -2.30. The van der Waals surface area contributed by atoms with Crippen LogP contribution in [0.3, 0.4) is 0 Å². The Labute approximate surface area is 136 Å². The molecule has 0 atom stereocenters. The number of hydrogen-bond acceptors (Lipinski definition) is 3. The number of pyridine rings is 1. The molecule has 0 radical (unpaired) electrons. The molecule has 2 aromatic rings. The molecule has 110 valence electrons. The largest absolute Gasteiger partial charge is 0.496 e. The van der Waals surface area contributed by atoms with Gasteiger partial charge < -0.3 is 15.0 Å². The maximum absolute atomic E-state index is 12.4. The van der Waals surface area contributed by atoms with Crippen molar-refractivity contribution in [2.75, 3.05) is 7.11 Å². The fourth-order valence-electron chi connectivity index (χ4n) is 2.05. The number of rotatable bonds is 4. The van der Waals surface area contributed by atoms with E-state index in [2.05, 4.69) is 15.9 Å². The van der Waals surface area contributed by atoms with Crippen LogP contribution < -0.4 is 16.0 Å². The van der Waals surface area contributed by atoms with E-state index in [1.54, 1.807) is 17.7 Å². The van der Waals surface area contributed by atoms with Gasteiger partial charge in [-0.15, -0.1) is 0 Å². The van der Waals surface area contributed by atoms with Crippen LogP contribution in [0.25, 0.3) is 0 Å². The van der Waals surface area contributed by atoms with Gasteiger partial charge in [0.25, 0.3) is 5.56 Å². The number of nitrogens with zero attached hydrogens (tertiary/aromatic N) is 1. The minimum Gasteiger partial charge on any atom is -0.496 e. The normalized spacial score (nSPS) is 10.4. The molecule has 0 spiro atoms. The van der Waals surface area contributed by atoms with E-state index in [9.17, 15) is 4.79 Å². The van der Waals surface area contributed by atoms with E-state index in [1.807, 2.05) is 31.2 Å². The van der Waals surface area contributed by atoms with E-state index in [-0.39, 0.29) is 10.5 Å². The monoisotopic (exact) mass is 366 g/mol. The highest BCUT2D eigenvalue weighted by atomic mass is 79.9. The second-order valence-electron chi connectivity index (χ2n) is 4.61. The molecule has 0 saturated carbocycles. The number of halogens is 1. The summed E-state index contributed by atoms with van der Waals surface area (Å²) in [5.41, 5.74) is 7.61. The van der Waals surface area contributed by atoms with Gasteiger partial charge in [0.2, 0.25) is 0 Å². The molecule has 0 fully saturated rings. The molecule has 1 heterocycles. The molecular weight excluding hydrogens is 352 g/mol. The average molecular weight is 367 g/mol. The fourth-order valence-corrected chi connectivity index (χ4v) is 2.79. The molecule has 0 aliphatic heterocycles. The molecule has 2 N–H and O–H groups in total. The van der Waals surface area contributed by atoms with Crippen LogP contribution in [-0.4, -0.2) is 16.7 Å². The number of nitrogens with two attached hydrogens (primary N) is 1. The first-order valence-electron chi connectivity index (χ1n) is 6.26. The molecule has 4 nitrogen and oxygen atoms in total. The summed E-state index contributed by atoms with van der Waals surface area (Å²) in [6, 6.07) is 9.22. The van der Waals surface area contributed by atoms with Crippen molar-refractivity contribution in [3.8, 4) is 5.75 Å². The third-order valence-electron chi connectivity index (χ3n) is 3.21. The van der Waals surface area contributed by atoms with Crippen LogP contribution in [0.2, 0.25) is 0 Å². The molecule has 2 rings (SSSR count). The van der Waals surface area contributed by atoms with Gasteiger partial charge in [-0.3, -0.25) is 4.79 Å². The summed E-state index contributed by atoms with van der Waals surface area (Å²) in [5.74, 6) is 0.750. The van der Waals surface area contributed by atoms with E-state index < -0.39 is 0 Å². The molecule has 0 saturated heterocycles. The maximum atomic E-state index is 12.4. The van der Waals surface area contributed by atoms with Gasteiger partial charge in [-0.05, 0) is 52.7 Å². The van der Waals surface area contributed by atoms with Crippen molar-refractivity contribution in [2.45, 2.75) is 13.5 Å². The van der Waals surface area contributed by atoms with Crippen LogP contribution >= 0.6 is 28.1 Å². The molecule has 0 bridgehead atoms. The molecule has 1 aromatic carbocycles. The van der Waals surface area contributed by atoms with E-state index in [4.69, 9.17) is 22.7 Å². The minimum atomic E-state index is -0.172. The molecule has 0 aliphatic carbocycles. The number of aromatic nitrogens is 1. The number of ether oxygens (including phenoxy) is 1. The van der Waals surface area contributed by atoms with Gasteiger partial charge >= 0.3 is 0 Å². The predicted molar refractivity (Wildman–Crippen MR) is 91.1 cm³/mol. The van der Waals surface area contributed by atoms with Crippen molar-refractivity contribution in [3.05, 3.63) is 62.0 Å². The Hall–Kier alpha value is -1.66. The summed E-state index contributed by atoms with van der Waals surface area (Å²) < 4.78 is 7.70. The van der Waals surface area contributed by atoms with Crippen LogP contribution in [0.5, 0.6) is 5.75 Å². The lowest BCUT2D eigenvalue weighted by atomic mass is 10.2. The summed E-state index contributed by atoms with van der Waals surface area (Å²) in [7, 11) is 1.61. The Kier molecular flexibility index (Phi) is 4.80. The maximum Gasteiger partial charge on any atom is 0.261 e. The molecule has 0 unspecified atom stereocenters. The number of thiocarbonyl (C=S) groups is 1. The highest BCUT2D eigenvalue weighted by molar-refractivity contribution is 9.10. The topological polar surface area (TPSA) is 57.2 Å². The van der Waals surface area contributed by atoms with Crippen molar-refractivity contribution in [2.24, 2.45) is 5.73 Å². The van der Waals surface area contributed by atoms with Crippen molar-refractivity contribution in [1.29, 1.82) is 0 Å². The second-order valence-corrected chi connectivity index (χ2v) is 5.91. The highest BCUT2D eigenvalue weighted by Crippen LogP contribution is 2.25. The minimum absolute atomic E-state index is 0.115. The zero-order valence-corrected chi connectivity index (χ0v) is 14.1. The summed E-state index contributed by atoms with van der Waals surface area (Å²) >= 11 is 8.35. The summed E-state index contributed by atoms with van der Waals surface area (Å²) in [6.07, 6.45) is 0. The first-order valence-corrected chi connectivity index (χ1v) is 7.47. The Balaban J connectivity index is 2.44. The second kappa shape index (κ2) is 6.41. The summed E-state index contributed by atoms with van der Waals surface area (Å²) in [4.78, 5) is 12.5. The van der Waals surface area contributed by atoms with Gasteiger partial charge in [0, 0.05) is 5.69 Å². The number of benzene rings is 1. The SMILES string of the molecule is COc1ccc(Cn2c(C)ccc(C(N)=S)c2=O)cc1Br. The Morgan fingerprint density at radius 1 is 1.38 bits per heavy atom. The third kappa shape index (κ3) is 3.33. The van der Waals surface area contributed by atoms with Gasteiger partial charge in [-0.2, -0.15) is 0 Å². The van der Waals surface area contributed by atoms with Crippen LogP contribution in [0.15, 0.2) is 39.6 Å². The fraction of sp³-hybridized carbons (Fsp3) is 0.200. The summed E-state index contributed by atoms with van der Waals surface area (Å²) in [5, 5.41) is 0. The lowest BCUT2D eigenvalue weighted by Gasteiger charge is -2.13. The van der Waals surface area contributed by atoms with E-state index in [0.29, 0.717) is 12.1 Å². The number of aryl methyl sites for hydroxylation is 1. The lowest BCUT2D eigenvalue weighted by molar-refractivity contribution is 0.412. The van der Waals surface area contributed by atoms with Crippen molar-refractivity contribution in [1.82, 2.24) is 4.57 Å².